The van der Waals surface area contributed by atoms with Crippen LogP contribution in [0.25, 0.3) is 0 Å². The van der Waals surface area contributed by atoms with E-state index in [1.165, 1.54) is 18.9 Å². The Bertz CT molecular complexity index is 86.8. The van der Waals surface area contributed by atoms with Crippen molar-refractivity contribution in [3.8, 4) is 0 Å². The van der Waals surface area contributed by atoms with Gasteiger partial charge >= 0.3 is 0 Å². The van der Waals surface area contributed by atoms with Crippen LogP contribution in [0.5, 0.6) is 0 Å². The number of fused-ring (bicyclic) bond motifs is 1. The lowest BCUT2D eigenvalue weighted by atomic mass is 9.72. The second-order valence-corrected chi connectivity index (χ2v) is 2.99. The van der Waals surface area contributed by atoms with Crippen molar-refractivity contribution in [3.05, 3.63) is 6.10 Å². The van der Waals surface area contributed by atoms with E-state index in [0.29, 0.717) is 5.41 Å². The Balaban J connectivity index is 2.20. The van der Waals surface area contributed by atoms with Crippen molar-refractivity contribution >= 4 is 0 Å². The topological polar surface area (TPSA) is 9.23 Å². The van der Waals surface area contributed by atoms with Gasteiger partial charge < -0.3 is 4.74 Å². The van der Waals surface area contributed by atoms with Crippen LogP contribution in [-0.4, -0.2) is 6.61 Å². The average Bonchev–Trinajstić information content (AvgIpc) is 1.88. The maximum Gasteiger partial charge on any atom is 0.0983 e. The van der Waals surface area contributed by atoms with Gasteiger partial charge in [-0.15, -0.1) is 0 Å². The summed E-state index contributed by atoms with van der Waals surface area (Å²) in [4.78, 5) is 0. The minimum absolute atomic E-state index is 0.579. The van der Waals surface area contributed by atoms with E-state index in [-0.39, 0.29) is 0 Å². The summed E-state index contributed by atoms with van der Waals surface area (Å²) in [6.45, 7) is 3.27. The highest BCUT2D eigenvalue weighted by Crippen LogP contribution is 2.54. The SMILES string of the molecule is CC12CO[C](C1)C2. The second kappa shape index (κ2) is 0.873. The maximum atomic E-state index is 5.25. The Kier molecular flexibility index (Phi) is 0.487. The van der Waals surface area contributed by atoms with E-state index in [1.54, 1.807) is 0 Å². The largest absolute Gasteiger partial charge is 0.371 e. The molecule has 39 valence electrons. The van der Waals surface area contributed by atoms with Crippen LogP contribution in [0, 0.1) is 11.5 Å². The van der Waals surface area contributed by atoms with Crippen molar-refractivity contribution in [1.29, 1.82) is 0 Å². The first kappa shape index (κ1) is 3.90. The summed E-state index contributed by atoms with van der Waals surface area (Å²) >= 11 is 0. The van der Waals surface area contributed by atoms with Gasteiger partial charge in [0.2, 0.25) is 0 Å². The molecule has 2 heterocycles. The zero-order valence-corrected chi connectivity index (χ0v) is 4.53. The Labute approximate surface area is 43.7 Å². The molecule has 1 heteroatoms. The lowest BCUT2D eigenvalue weighted by Gasteiger charge is -2.29. The van der Waals surface area contributed by atoms with Crippen molar-refractivity contribution in [3.63, 3.8) is 0 Å². The number of ether oxygens (including phenoxy) is 1. The van der Waals surface area contributed by atoms with Crippen LogP contribution >= 0.6 is 0 Å². The van der Waals surface area contributed by atoms with E-state index in [1.807, 2.05) is 0 Å². The minimum atomic E-state index is 0.579. The molecule has 0 aromatic heterocycles. The zero-order chi connectivity index (χ0) is 4.91. The van der Waals surface area contributed by atoms with Gasteiger partial charge in [-0.2, -0.15) is 0 Å². The van der Waals surface area contributed by atoms with Gasteiger partial charge in [0.05, 0.1) is 12.7 Å². The summed E-state index contributed by atoms with van der Waals surface area (Å²) in [5.41, 5.74) is 0.579. The van der Waals surface area contributed by atoms with Gasteiger partial charge in [0.25, 0.3) is 0 Å². The predicted octanol–water partition coefficient (Wildman–Crippen LogP) is 1.35. The normalized spacial score (nSPS) is 35.6. The molecule has 0 spiro atoms. The standard InChI is InChI=1S/C6H9O/c1-6-2-5(3-6)7-4-6/h2-4H2,1H3. The Morgan fingerprint density at radius 1 is 1.57 bits per heavy atom. The summed E-state index contributed by atoms with van der Waals surface area (Å²) in [7, 11) is 0. The maximum absolute atomic E-state index is 5.25. The molecule has 1 radical (unpaired) electrons. The smallest absolute Gasteiger partial charge is 0.0983 e. The molecule has 0 amide bonds. The van der Waals surface area contributed by atoms with E-state index >= 15 is 0 Å². The molecular weight excluding hydrogens is 88.1 g/mol. The van der Waals surface area contributed by atoms with Crippen LogP contribution in [-0.2, 0) is 4.74 Å². The molecule has 0 aromatic carbocycles. The Morgan fingerprint density at radius 3 is 2.43 bits per heavy atom. The summed E-state index contributed by atoms with van der Waals surface area (Å²) in [6.07, 6.45) is 3.82. The first-order valence-electron chi connectivity index (χ1n) is 2.76. The molecule has 0 atom stereocenters. The quantitative estimate of drug-likeness (QED) is 0.443. The van der Waals surface area contributed by atoms with Gasteiger partial charge in [-0.25, -0.2) is 0 Å². The molecule has 0 aromatic rings. The first-order chi connectivity index (χ1) is 3.29. The van der Waals surface area contributed by atoms with E-state index in [2.05, 4.69) is 6.92 Å². The molecule has 2 saturated heterocycles. The molecule has 2 aliphatic heterocycles. The summed E-state index contributed by atoms with van der Waals surface area (Å²) in [6, 6.07) is 0. The average molecular weight is 97.1 g/mol. The minimum Gasteiger partial charge on any atom is -0.371 e. The van der Waals surface area contributed by atoms with Gasteiger partial charge in [-0.3, -0.25) is 0 Å². The fourth-order valence-corrected chi connectivity index (χ4v) is 1.38. The van der Waals surface area contributed by atoms with Crippen LogP contribution < -0.4 is 0 Å². The molecule has 3 aliphatic rings. The molecule has 1 aliphatic carbocycles. The van der Waals surface area contributed by atoms with Gasteiger partial charge in [-0.05, 0) is 18.3 Å². The van der Waals surface area contributed by atoms with Crippen molar-refractivity contribution in [2.24, 2.45) is 5.41 Å². The third kappa shape index (κ3) is 0.367. The van der Waals surface area contributed by atoms with Crippen LogP contribution in [0.3, 0.4) is 0 Å². The lowest BCUT2D eigenvalue weighted by Crippen LogP contribution is -2.23. The first-order valence-corrected chi connectivity index (χ1v) is 2.76. The van der Waals surface area contributed by atoms with Gasteiger partial charge in [-0.1, -0.05) is 6.92 Å². The fraction of sp³-hybridized carbons (Fsp3) is 0.833. The van der Waals surface area contributed by atoms with E-state index in [0.717, 1.165) is 6.61 Å². The second-order valence-electron chi connectivity index (χ2n) is 2.99. The third-order valence-electron chi connectivity index (χ3n) is 1.87. The van der Waals surface area contributed by atoms with E-state index in [4.69, 9.17) is 4.74 Å². The molecule has 3 rings (SSSR count). The van der Waals surface area contributed by atoms with E-state index < -0.39 is 0 Å². The Hall–Kier alpha value is -0.0400. The van der Waals surface area contributed by atoms with Gasteiger partial charge in [0.15, 0.2) is 0 Å². The van der Waals surface area contributed by atoms with Crippen molar-refractivity contribution in [1.82, 2.24) is 0 Å². The highest BCUT2D eigenvalue weighted by molar-refractivity contribution is 5.09. The molecule has 7 heavy (non-hydrogen) atoms. The zero-order valence-electron chi connectivity index (χ0n) is 4.53. The molecule has 2 bridgehead atoms. The summed E-state index contributed by atoms with van der Waals surface area (Å²) < 4.78 is 5.25. The molecule has 1 saturated carbocycles. The highest BCUT2D eigenvalue weighted by Gasteiger charge is 2.48. The van der Waals surface area contributed by atoms with Crippen LogP contribution in [0.4, 0.5) is 0 Å². The Morgan fingerprint density at radius 2 is 2.29 bits per heavy atom. The van der Waals surface area contributed by atoms with Crippen molar-refractivity contribution < 1.29 is 4.74 Å². The fourth-order valence-electron chi connectivity index (χ4n) is 1.38. The molecule has 0 N–H and O–H groups in total. The molecular formula is C6H9O. The highest BCUT2D eigenvalue weighted by atomic mass is 16.5. The van der Waals surface area contributed by atoms with Crippen LogP contribution in [0.1, 0.15) is 19.8 Å². The molecule has 0 unspecified atom stereocenters. The molecule has 1 nitrogen and oxygen atoms in total. The number of hydrogen-bond acceptors (Lipinski definition) is 1. The summed E-state index contributed by atoms with van der Waals surface area (Å²) in [5.74, 6) is 0. The monoisotopic (exact) mass is 97.1 g/mol. The molecule has 3 fully saturated rings. The number of rotatable bonds is 0. The van der Waals surface area contributed by atoms with Crippen molar-refractivity contribution in [2.45, 2.75) is 19.8 Å². The summed E-state index contributed by atoms with van der Waals surface area (Å²) in [5, 5.41) is 0. The van der Waals surface area contributed by atoms with Crippen molar-refractivity contribution in [2.75, 3.05) is 6.61 Å². The number of hydrogen-bond donors (Lipinski definition) is 0. The van der Waals surface area contributed by atoms with Crippen LogP contribution in [0.15, 0.2) is 0 Å². The van der Waals surface area contributed by atoms with Crippen LogP contribution in [0.2, 0.25) is 0 Å². The predicted molar refractivity (Wildman–Crippen MR) is 26.5 cm³/mol. The van der Waals surface area contributed by atoms with E-state index in [9.17, 15) is 0 Å². The van der Waals surface area contributed by atoms with Gasteiger partial charge in [0.1, 0.15) is 0 Å². The third-order valence-corrected chi connectivity index (χ3v) is 1.87. The lowest BCUT2D eigenvalue weighted by molar-refractivity contribution is 0.223. The van der Waals surface area contributed by atoms with Gasteiger partial charge in [0, 0.05) is 0 Å².